The quantitative estimate of drug-likeness (QED) is 0.432. The SMILES string of the molecule is COc1ccccc1N(S(=O)(=O)c1ccc(Br)cc1)S(=O)(=O)c1ccc(Br)cc1. The van der Waals surface area contributed by atoms with Crippen molar-refractivity contribution in [3.05, 3.63) is 81.7 Å². The molecule has 0 saturated heterocycles. The molecule has 6 nitrogen and oxygen atoms in total. The van der Waals surface area contributed by atoms with Crippen LogP contribution < -0.4 is 8.45 Å². The molecule has 0 spiro atoms. The summed E-state index contributed by atoms with van der Waals surface area (Å²) in [5.74, 6) is 0.105. The molecule has 0 bridgehead atoms. The number of hydrogen-bond donors (Lipinski definition) is 0. The Morgan fingerprint density at radius 3 is 1.52 bits per heavy atom. The summed E-state index contributed by atoms with van der Waals surface area (Å²) in [5, 5.41) is 0. The van der Waals surface area contributed by atoms with Crippen molar-refractivity contribution in [3.8, 4) is 5.75 Å². The largest absolute Gasteiger partial charge is 0.495 e. The Morgan fingerprint density at radius 1 is 0.690 bits per heavy atom. The molecule has 0 N–H and O–H groups in total. The van der Waals surface area contributed by atoms with E-state index in [2.05, 4.69) is 31.9 Å². The second-order valence-corrected chi connectivity index (χ2v) is 11.4. The first kappa shape index (κ1) is 21.8. The van der Waals surface area contributed by atoms with Gasteiger partial charge in [-0.1, -0.05) is 44.0 Å². The number of anilines is 1. The Bertz CT molecular complexity index is 1150. The summed E-state index contributed by atoms with van der Waals surface area (Å²) in [6.45, 7) is 0. The Balaban J connectivity index is 2.30. The minimum Gasteiger partial charge on any atom is -0.495 e. The molecule has 3 aromatic carbocycles. The van der Waals surface area contributed by atoms with Crippen LogP contribution in [-0.2, 0) is 20.0 Å². The summed E-state index contributed by atoms with van der Waals surface area (Å²) in [6.07, 6.45) is 0. The lowest BCUT2D eigenvalue weighted by Gasteiger charge is -2.25. The lowest BCUT2D eigenvalue weighted by Crippen LogP contribution is -2.37. The maximum absolute atomic E-state index is 13.5. The Kier molecular flexibility index (Phi) is 6.37. The van der Waals surface area contributed by atoms with Crippen molar-refractivity contribution in [1.82, 2.24) is 0 Å². The van der Waals surface area contributed by atoms with Crippen molar-refractivity contribution < 1.29 is 21.6 Å². The molecule has 0 saturated carbocycles. The van der Waals surface area contributed by atoms with E-state index < -0.39 is 20.0 Å². The standard InChI is InChI=1S/C19H15Br2NO5S2/c1-27-19-5-3-2-4-18(19)22(28(23,24)16-10-6-14(20)7-11-16)29(25,26)17-12-8-15(21)9-13-17/h2-13H,1H3. The Labute approximate surface area is 186 Å². The molecule has 0 aliphatic carbocycles. The average molecular weight is 561 g/mol. The molecule has 3 aromatic rings. The molecule has 0 aliphatic rings. The van der Waals surface area contributed by atoms with E-state index in [-0.39, 0.29) is 21.2 Å². The fourth-order valence-corrected chi connectivity index (χ4v) is 6.81. The second-order valence-electron chi connectivity index (χ2n) is 5.79. The van der Waals surface area contributed by atoms with Crippen molar-refractivity contribution in [1.29, 1.82) is 0 Å². The van der Waals surface area contributed by atoms with Crippen LogP contribution in [0.25, 0.3) is 0 Å². The second kappa shape index (κ2) is 8.47. The fourth-order valence-electron chi connectivity index (χ4n) is 2.57. The Morgan fingerprint density at radius 2 is 1.10 bits per heavy atom. The van der Waals surface area contributed by atoms with Crippen LogP contribution in [0.5, 0.6) is 5.75 Å². The summed E-state index contributed by atoms with van der Waals surface area (Å²) in [5.41, 5.74) is -0.110. The highest BCUT2D eigenvalue weighted by Gasteiger charge is 2.38. The van der Waals surface area contributed by atoms with Crippen molar-refractivity contribution >= 4 is 57.6 Å². The number of para-hydroxylation sites is 2. The maximum atomic E-state index is 13.5. The van der Waals surface area contributed by atoms with Gasteiger partial charge in [-0.15, -0.1) is 0 Å². The van der Waals surface area contributed by atoms with Gasteiger partial charge < -0.3 is 4.74 Å². The first-order valence-electron chi connectivity index (χ1n) is 8.12. The molecule has 152 valence electrons. The number of nitrogens with zero attached hydrogens (tertiary/aromatic N) is 1. The van der Waals surface area contributed by atoms with Gasteiger partial charge in [0, 0.05) is 8.95 Å². The minimum atomic E-state index is -4.49. The molecule has 0 amide bonds. The molecule has 10 heteroatoms. The predicted octanol–water partition coefficient (Wildman–Crippen LogP) is 4.80. The van der Waals surface area contributed by atoms with E-state index >= 15 is 0 Å². The van der Waals surface area contributed by atoms with Crippen molar-refractivity contribution in [2.45, 2.75) is 9.79 Å². The molecular weight excluding hydrogens is 546 g/mol. The molecule has 0 fully saturated rings. The molecule has 0 atom stereocenters. The van der Waals surface area contributed by atoms with Crippen LogP contribution in [0, 0.1) is 0 Å². The summed E-state index contributed by atoms with van der Waals surface area (Å²) < 4.78 is 60.8. The third-order valence-corrected chi connectivity index (χ3v) is 9.18. The van der Waals surface area contributed by atoms with Gasteiger partial charge in [0.25, 0.3) is 20.0 Å². The van der Waals surface area contributed by atoms with E-state index in [1.165, 1.54) is 67.8 Å². The molecule has 29 heavy (non-hydrogen) atoms. The average Bonchev–Trinajstić information content (AvgIpc) is 2.69. The van der Waals surface area contributed by atoms with Crippen LogP contribution >= 0.6 is 31.9 Å². The van der Waals surface area contributed by atoms with Crippen LogP contribution in [0.4, 0.5) is 5.69 Å². The zero-order valence-electron chi connectivity index (χ0n) is 15.0. The van der Waals surface area contributed by atoms with Crippen LogP contribution in [0.3, 0.4) is 0 Å². The highest BCUT2D eigenvalue weighted by molar-refractivity contribution is 9.10. The summed E-state index contributed by atoms with van der Waals surface area (Å²) in [7, 11) is -7.63. The number of rotatable bonds is 6. The topological polar surface area (TPSA) is 80.8 Å². The van der Waals surface area contributed by atoms with Crippen LogP contribution in [0.15, 0.2) is 91.5 Å². The number of sulfonamides is 2. The number of ether oxygens (including phenoxy) is 1. The predicted molar refractivity (Wildman–Crippen MR) is 118 cm³/mol. The van der Waals surface area contributed by atoms with Gasteiger partial charge in [0.2, 0.25) is 0 Å². The van der Waals surface area contributed by atoms with E-state index in [0.717, 1.165) is 0 Å². The zero-order chi connectivity index (χ0) is 21.2. The van der Waals surface area contributed by atoms with Gasteiger partial charge >= 0.3 is 0 Å². The molecular formula is C19H15Br2NO5S2. The number of hydrogen-bond acceptors (Lipinski definition) is 5. The lowest BCUT2D eigenvalue weighted by atomic mass is 10.3. The van der Waals surface area contributed by atoms with E-state index in [0.29, 0.717) is 12.7 Å². The number of methoxy groups -OCH3 is 1. The van der Waals surface area contributed by atoms with E-state index in [4.69, 9.17) is 4.74 Å². The van der Waals surface area contributed by atoms with Crippen LogP contribution in [0.2, 0.25) is 0 Å². The summed E-state index contributed by atoms with van der Waals surface area (Å²) >= 11 is 6.50. The fraction of sp³-hybridized carbons (Fsp3) is 0.0526. The van der Waals surface area contributed by atoms with Gasteiger partial charge in [-0.25, -0.2) is 16.8 Å². The monoisotopic (exact) mass is 559 g/mol. The molecule has 0 heterocycles. The zero-order valence-corrected chi connectivity index (χ0v) is 19.8. The highest BCUT2D eigenvalue weighted by atomic mass is 79.9. The molecule has 0 aliphatic heterocycles. The first-order chi connectivity index (χ1) is 13.7. The minimum absolute atomic E-state index is 0.105. The molecule has 0 radical (unpaired) electrons. The van der Waals surface area contributed by atoms with Gasteiger partial charge in [0.05, 0.1) is 16.9 Å². The Hall–Kier alpha value is -1.88. The van der Waals surface area contributed by atoms with Gasteiger partial charge in [-0.3, -0.25) is 0 Å². The van der Waals surface area contributed by atoms with Gasteiger partial charge in [-0.2, -0.15) is 3.71 Å². The maximum Gasteiger partial charge on any atom is 0.277 e. The van der Waals surface area contributed by atoms with Crippen molar-refractivity contribution in [3.63, 3.8) is 0 Å². The lowest BCUT2D eigenvalue weighted by molar-refractivity contribution is 0.416. The highest BCUT2D eigenvalue weighted by Crippen LogP contribution is 2.37. The third-order valence-electron chi connectivity index (χ3n) is 3.94. The van der Waals surface area contributed by atoms with E-state index in [1.54, 1.807) is 12.1 Å². The number of benzene rings is 3. The first-order valence-corrected chi connectivity index (χ1v) is 12.6. The summed E-state index contributed by atoms with van der Waals surface area (Å²) in [4.78, 5) is -0.348. The molecule has 0 unspecified atom stereocenters. The van der Waals surface area contributed by atoms with Crippen LogP contribution in [-0.4, -0.2) is 23.9 Å². The normalized spacial score (nSPS) is 11.8. The smallest absolute Gasteiger partial charge is 0.277 e. The summed E-state index contributed by atoms with van der Waals surface area (Å²) in [6, 6.07) is 17.5. The van der Waals surface area contributed by atoms with Crippen LogP contribution in [0.1, 0.15) is 0 Å². The van der Waals surface area contributed by atoms with Gasteiger partial charge in [0.1, 0.15) is 11.4 Å². The number of halogens is 2. The molecule has 0 aromatic heterocycles. The van der Waals surface area contributed by atoms with E-state index in [9.17, 15) is 16.8 Å². The van der Waals surface area contributed by atoms with Gasteiger partial charge in [-0.05, 0) is 60.7 Å². The van der Waals surface area contributed by atoms with E-state index in [1.807, 2.05) is 0 Å². The molecule has 3 rings (SSSR count). The van der Waals surface area contributed by atoms with Gasteiger partial charge in [0.15, 0.2) is 0 Å². The van der Waals surface area contributed by atoms with Crippen molar-refractivity contribution in [2.75, 3.05) is 10.8 Å². The third kappa shape index (κ3) is 4.35. The van der Waals surface area contributed by atoms with Crippen molar-refractivity contribution in [2.24, 2.45) is 0 Å².